The van der Waals surface area contributed by atoms with Crippen molar-refractivity contribution in [3.05, 3.63) is 46.4 Å². The van der Waals surface area contributed by atoms with Crippen molar-refractivity contribution in [3.8, 4) is 17.1 Å². The summed E-state index contributed by atoms with van der Waals surface area (Å²) < 4.78 is 5.64. The van der Waals surface area contributed by atoms with Gasteiger partial charge in [0.15, 0.2) is 0 Å². The molecule has 0 spiro atoms. The van der Waals surface area contributed by atoms with Crippen LogP contribution in [0.4, 0.5) is 0 Å². The highest BCUT2D eigenvalue weighted by Crippen LogP contribution is 2.19. The first-order chi connectivity index (χ1) is 10.1. The monoisotopic (exact) mass is 287 g/mol. The summed E-state index contributed by atoms with van der Waals surface area (Å²) in [6, 6.07) is 9.03. The number of H-pyrrole nitrogens is 1. The summed E-state index contributed by atoms with van der Waals surface area (Å²) in [5.41, 5.74) is 6.90. The van der Waals surface area contributed by atoms with Crippen LogP contribution in [0.15, 0.2) is 35.1 Å². The molecule has 5 heteroatoms. The standard InChI is InChI=1S/C16H21N3O2/c1-11(2)10-21-14-5-3-12(4-6-14)16-18-13(7-8-17)9-15(20)19-16/h3-6,9,11H,7-8,10,17H2,1-2H3,(H,18,19,20). The highest BCUT2D eigenvalue weighted by molar-refractivity contribution is 5.56. The zero-order valence-electron chi connectivity index (χ0n) is 12.4. The Hall–Kier alpha value is -2.14. The molecule has 21 heavy (non-hydrogen) atoms. The average molecular weight is 287 g/mol. The fourth-order valence-electron chi connectivity index (χ4n) is 1.89. The van der Waals surface area contributed by atoms with Crippen LogP contribution >= 0.6 is 0 Å². The van der Waals surface area contributed by atoms with Gasteiger partial charge in [0.1, 0.15) is 11.6 Å². The van der Waals surface area contributed by atoms with Gasteiger partial charge in [-0.05, 0) is 36.7 Å². The van der Waals surface area contributed by atoms with Gasteiger partial charge in [0.05, 0.1) is 6.61 Å². The fourth-order valence-corrected chi connectivity index (χ4v) is 1.89. The van der Waals surface area contributed by atoms with Crippen LogP contribution in [0.25, 0.3) is 11.4 Å². The molecule has 0 radical (unpaired) electrons. The minimum atomic E-state index is -0.163. The van der Waals surface area contributed by atoms with Crippen LogP contribution in [0, 0.1) is 5.92 Å². The lowest BCUT2D eigenvalue weighted by atomic mass is 10.2. The Morgan fingerprint density at radius 1 is 1.29 bits per heavy atom. The maximum atomic E-state index is 11.6. The molecule has 1 aromatic carbocycles. The van der Waals surface area contributed by atoms with Crippen LogP contribution in [-0.2, 0) is 6.42 Å². The van der Waals surface area contributed by atoms with Crippen molar-refractivity contribution in [2.45, 2.75) is 20.3 Å². The fraction of sp³-hybridized carbons (Fsp3) is 0.375. The van der Waals surface area contributed by atoms with E-state index in [1.54, 1.807) is 0 Å². The van der Waals surface area contributed by atoms with E-state index in [0.717, 1.165) is 11.3 Å². The van der Waals surface area contributed by atoms with Crippen molar-refractivity contribution in [2.75, 3.05) is 13.2 Å². The third kappa shape index (κ3) is 4.43. The molecule has 0 atom stereocenters. The molecule has 0 fully saturated rings. The maximum absolute atomic E-state index is 11.6. The van der Waals surface area contributed by atoms with Crippen molar-refractivity contribution in [1.29, 1.82) is 0 Å². The van der Waals surface area contributed by atoms with E-state index in [1.807, 2.05) is 24.3 Å². The summed E-state index contributed by atoms with van der Waals surface area (Å²) in [5, 5.41) is 0. The van der Waals surface area contributed by atoms with Gasteiger partial charge in [-0.2, -0.15) is 0 Å². The van der Waals surface area contributed by atoms with Gasteiger partial charge in [-0.25, -0.2) is 4.98 Å². The smallest absolute Gasteiger partial charge is 0.251 e. The van der Waals surface area contributed by atoms with E-state index in [1.165, 1.54) is 6.07 Å². The molecule has 0 aliphatic rings. The van der Waals surface area contributed by atoms with Gasteiger partial charge in [0, 0.05) is 23.7 Å². The van der Waals surface area contributed by atoms with Crippen LogP contribution in [0.2, 0.25) is 0 Å². The van der Waals surface area contributed by atoms with Crippen molar-refractivity contribution >= 4 is 0 Å². The summed E-state index contributed by atoms with van der Waals surface area (Å²) in [4.78, 5) is 18.8. The third-order valence-electron chi connectivity index (χ3n) is 2.91. The summed E-state index contributed by atoms with van der Waals surface area (Å²) in [6.45, 7) is 5.36. The quantitative estimate of drug-likeness (QED) is 0.851. The van der Waals surface area contributed by atoms with Crippen molar-refractivity contribution < 1.29 is 4.74 Å². The van der Waals surface area contributed by atoms with Gasteiger partial charge in [-0.1, -0.05) is 13.8 Å². The van der Waals surface area contributed by atoms with Crippen LogP contribution in [0.1, 0.15) is 19.5 Å². The normalized spacial score (nSPS) is 10.9. The highest BCUT2D eigenvalue weighted by atomic mass is 16.5. The Morgan fingerprint density at radius 3 is 2.62 bits per heavy atom. The maximum Gasteiger partial charge on any atom is 0.251 e. The second-order valence-corrected chi connectivity index (χ2v) is 5.35. The molecule has 3 N–H and O–H groups in total. The van der Waals surface area contributed by atoms with Crippen molar-refractivity contribution in [3.63, 3.8) is 0 Å². The largest absolute Gasteiger partial charge is 0.493 e. The predicted molar refractivity (Wildman–Crippen MR) is 83.4 cm³/mol. The molecule has 0 saturated heterocycles. The third-order valence-corrected chi connectivity index (χ3v) is 2.91. The van der Waals surface area contributed by atoms with Gasteiger partial charge in [0.25, 0.3) is 5.56 Å². The first-order valence-corrected chi connectivity index (χ1v) is 7.12. The first kappa shape index (κ1) is 15.3. The molecular formula is C16H21N3O2. The van der Waals surface area contributed by atoms with E-state index in [-0.39, 0.29) is 5.56 Å². The molecule has 5 nitrogen and oxygen atoms in total. The minimum absolute atomic E-state index is 0.163. The van der Waals surface area contributed by atoms with Crippen LogP contribution in [0.3, 0.4) is 0 Å². The van der Waals surface area contributed by atoms with E-state index in [0.29, 0.717) is 37.0 Å². The Morgan fingerprint density at radius 2 is 2.00 bits per heavy atom. The number of ether oxygens (including phenoxy) is 1. The van der Waals surface area contributed by atoms with E-state index >= 15 is 0 Å². The van der Waals surface area contributed by atoms with Crippen LogP contribution in [-0.4, -0.2) is 23.1 Å². The van der Waals surface area contributed by atoms with E-state index in [4.69, 9.17) is 10.5 Å². The van der Waals surface area contributed by atoms with Crippen LogP contribution in [0.5, 0.6) is 5.75 Å². The molecule has 2 aromatic rings. The molecule has 112 valence electrons. The first-order valence-electron chi connectivity index (χ1n) is 7.12. The van der Waals surface area contributed by atoms with Crippen molar-refractivity contribution in [2.24, 2.45) is 11.7 Å². The Kier molecular flexibility index (Phi) is 5.11. The van der Waals surface area contributed by atoms with E-state index in [9.17, 15) is 4.79 Å². The average Bonchev–Trinajstić information content (AvgIpc) is 2.45. The van der Waals surface area contributed by atoms with Gasteiger partial charge < -0.3 is 15.5 Å². The number of rotatable bonds is 6. The molecule has 1 aromatic heterocycles. The number of aromatic amines is 1. The number of nitrogens with zero attached hydrogens (tertiary/aromatic N) is 1. The second kappa shape index (κ2) is 7.04. The number of benzene rings is 1. The number of nitrogens with two attached hydrogens (primary N) is 1. The molecule has 0 unspecified atom stereocenters. The molecule has 2 rings (SSSR count). The zero-order valence-corrected chi connectivity index (χ0v) is 12.4. The zero-order chi connectivity index (χ0) is 15.2. The summed E-state index contributed by atoms with van der Waals surface area (Å²) in [5.74, 6) is 1.85. The van der Waals surface area contributed by atoms with Gasteiger partial charge >= 0.3 is 0 Å². The summed E-state index contributed by atoms with van der Waals surface area (Å²) in [7, 11) is 0. The molecule has 0 bridgehead atoms. The van der Waals surface area contributed by atoms with Gasteiger partial charge in [0.2, 0.25) is 0 Å². The summed E-state index contributed by atoms with van der Waals surface area (Å²) in [6.07, 6.45) is 0.590. The minimum Gasteiger partial charge on any atom is -0.493 e. The Labute approximate surface area is 124 Å². The number of hydrogen-bond acceptors (Lipinski definition) is 4. The Balaban J connectivity index is 2.20. The van der Waals surface area contributed by atoms with Gasteiger partial charge in [-0.3, -0.25) is 4.79 Å². The number of hydrogen-bond donors (Lipinski definition) is 2. The topological polar surface area (TPSA) is 81.0 Å². The molecule has 0 aliphatic carbocycles. The molecular weight excluding hydrogens is 266 g/mol. The van der Waals surface area contributed by atoms with Crippen LogP contribution < -0.4 is 16.0 Å². The Bertz CT molecular complexity index is 633. The molecule has 0 saturated carbocycles. The summed E-state index contributed by atoms with van der Waals surface area (Å²) >= 11 is 0. The molecule has 0 amide bonds. The molecule has 0 aliphatic heterocycles. The van der Waals surface area contributed by atoms with Crippen molar-refractivity contribution in [1.82, 2.24) is 9.97 Å². The molecule has 1 heterocycles. The second-order valence-electron chi connectivity index (χ2n) is 5.35. The van der Waals surface area contributed by atoms with E-state index in [2.05, 4.69) is 23.8 Å². The number of nitrogens with one attached hydrogen (secondary N) is 1. The van der Waals surface area contributed by atoms with Gasteiger partial charge in [-0.15, -0.1) is 0 Å². The highest BCUT2D eigenvalue weighted by Gasteiger charge is 2.05. The lowest BCUT2D eigenvalue weighted by molar-refractivity contribution is 0.271. The predicted octanol–water partition coefficient (Wildman–Crippen LogP) is 1.97. The number of aromatic nitrogens is 2. The van der Waals surface area contributed by atoms with E-state index < -0.39 is 0 Å². The lowest BCUT2D eigenvalue weighted by Crippen LogP contribution is -2.13. The lowest BCUT2D eigenvalue weighted by Gasteiger charge is -2.09. The SMILES string of the molecule is CC(C)COc1ccc(-c2nc(CCN)cc(=O)[nH]2)cc1.